The van der Waals surface area contributed by atoms with Gasteiger partial charge in [0.1, 0.15) is 6.04 Å². The first-order valence-corrected chi connectivity index (χ1v) is 6.24. The van der Waals surface area contributed by atoms with Crippen LogP contribution in [0.15, 0.2) is 0 Å². The van der Waals surface area contributed by atoms with Crippen LogP contribution in [-0.2, 0) is 4.79 Å². The van der Waals surface area contributed by atoms with Gasteiger partial charge in [0.15, 0.2) is 0 Å². The van der Waals surface area contributed by atoms with E-state index in [1.54, 1.807) is 11.8 Å². The summed E-state index contributed by atoms with van der Waals surface area (Å²) < 4.78 is 0. The molecule has 6 nitrogen and oxygen atoms in total. The molecule has 0 saturated carbocycles. The van der Waals surface area contributed by atoms with Gasteiger partial charge in [-0.15, -0.1) is 0 Å². The number of carbonyl (C=O) groups excluding carboxylic acids is 1. The molecule has 1 heterocycles. The molecule has 0 aromatic heterocycles. The number of nitrogens with one attached hydrogen (secondary N) is 1. The average Bonchev–Trinajstić information content (AvgIpc) is 2.26. The Morgan fingerprint density at radius 1 is 1.17 bits per heavy atom. The molecule has 0 bridgehead atoms. The van der Waals surface area contributed by atoms with E-state index in [9.17, 15) is 9.59 Å². The maximum atomic E-state index is 11.9. The largest absolute Gasteiger partial charge is 0.480 e. The van der Waals surface area contributed by atoms with Crippen molar-refractivity contribution >= 4 is 12.0 Å². The molecule has 0 aromatic carbocycles. The smallest absolute Gasteiger partial charge is 0.320 e. The lowest BCUT2D eigenvalue weighted by molar-refractivity contribution is -0.143. The van der Waals surface area contributed by atoms with Crippen molar-refractivity contribution in [1.29, 1.82) is 0 Å². The molecule has 1 rings (SSSR count). The van der Waals surface area contributed by atoms with Crippen molar-refractivity contribution in [3.63, 3.8) is 0 Å². The van der Waals surface area contributed by atoms with Gasteiger partial charge in [-0.25, -0.2) is 4.79 Å². The molecule has 0 aliphatic carbocycles. The molecule has 18 heavy (non-hydrogen) atoms. The standard InChI is InChI=1S/C12H23N3O3/c1-9(10(16)17)14-5-7-15(8-6-14)11(18)13-12(2,3)4/h9H,5-8H2,1-4H3,(H,13,18)(H,16,17). The lowest BCUT2D eigenvalue weighted by Gasteiger charge is -2.37. The molecular weight excluding hydrogens is 234 g/mol. The molecule has 6 heteroatoms. The molecule has 1 aliphatic rings. The zero-order chi connectivity index (χ0) is 13.9. The predicted molar refractivity (Wildman–Crippen MR) is 68.5 cm³/mol. The van der Waals surface area contributed by atoms with E-state index < -0.39 is 12.0 Å². The number of nitrogens with zero attached hydrogens (tertiary/aromatic N) is 2. The van der Waals surface area contributed by atoms with E-state index in [1.807, 2.05) is 25.7 Å². The van der Waals surface area contributed by atoms with E-state index in [0.717, 1.165) is 0 Å². The highest BCUT2D eigenvalue weighted by Gasteiger charge is 2.28. The van der Waals surface area contributed by atoms with Crippen molar-refractivity contribution in [3.05, 3.63) is 0 Å². The highest BCUT2D eigenvalue weighted by atomic mass is 16.4. The van der Waals surface area contributed by atoms with Gasteiger partial charge in [-0.3, -0.25) is 9.69 Å². The Labute approximate surface area is 108 Å². The number of urea groups is 1. The molecule has 0 aromatic rings. The van der Waals surface area contributed by atoms with Gasteiger partial charge in [-0.05, 0) is 27.7 Å². The first kappa shape index (κ1) is 14.8. The number of hydrogen-bond donors (Lipinski definition) is 2. The minimum absolute atomic E-state index is 0.0786. The number of aliphatic carboxylic acids is 1. The molecule has 2 N–H and O–H groups in total. The molecule has 1 fully saturated rings. The lowest BCUT2D eigenvalue weighted by atomic mass is 10.1. The fraction of sp³-hybridized carbons (Fsp3) is 0.833. The van der Waals surface area contributed by atoms with Gasteiger partial charge in [0.2, 0.25) is 0 Å². The van der Waals surface area contributed by atoms with E-state index in [4.69, 9.17) is 5.11 Å². The van der Waals surface area contributed by atoms with E-state index in [2.05, 4.69) is 5.32 Å². The summed E-state index contributed by atoms with van der Waals surface area (Å²) in [5.41, 5.74) is -0.247. The summed E-state index contributed by atoms with van der Waals surface area (Å²) in [5, 5.41) is 11.8. The van der Waals surface area contributed by atoms with Crippen LogP contribution in [0.25, 0.3) is 0 Å². The summed E-state index contributed by atoms with van der Waals surface area (Å²) in [6, 6.07) is -0.567. The Kier molecular flexibility index (Phi) is 4.56. The second-order valence-corrected chi connectivity index (χ2v) is 5.72. The number of hydrogen-bond acceptors (Lipinski definition) is 3. The third-order valence-corrected chi connectivity index (χ3v) is 2.99. The molecular formula is C12H23N3O3. The van der Waals surface area contributed by atoms with Gasteiger partial charge in [0, 0.05) is 31.7 Å². The monoisotopic (exact) mass is 257 g/mol. The van der Waals surface area contributed by atoms with Crippen LogP contribution in [0.3, 0.4) is 0 Å². The van der Waals surface area contributed by atoms with Crippen LogP contribution in [0.2, 0.25) is 0 Å². The summed E-state index contributed by atoms with van der Waals surface area (Å²) in [6.45, 7) is 9.83. The fourth-order valence-corrected chi connectivity index (χ4v) is 1.87. The van der Waals surface area contributed by atoms with Crippen LogP contribution in [0, 0.1) is 0 Å². The van der Waals surface area contributed by atoms with Crippen LogP contribution < -0.4 is 5.32 Å². The molecule has 2 amide bonds. The van der Waals surface area contributed by atoms with Crippen LogP contribution in [0.4, 0.5) is 4.79 Å². The second kappa shape index (κ2) is 5.56. The van der Waals surface area contributed by atoms with Crippen LogP contribution >= 0.6 is 0 Å². The number of carboxylic acid groups (broad SMARTS) is 1. The van der Waals surface area contributed by atoms with Gasteiger partial charge in [0.25, 0.3) is 0 Å². The normalized spacial score (nSPS) is 19.4. The molecule has 1 unspecified atom stereocenters. The third-order valence-electron chi connectivity index (χ3n) is 2.99. The second-order valence-electron chi connectivity index (χ2n) is 5.72. The Morgan fingerprint density at radius 2 is 1.67 bits per heavy atom. The molecule has 1 aliphatic heterocycles. The number of amides is 2. The van der Waals surface area contributed by atoms with Crippen molar-refractivity contribution in [2.24, 2.45) is 0 Å². The van der Waals surface area contributed by atoms with Crippen molar-refractivity contribution in [2.75, 3.05) is 26.2 Å². The van der Waals surface area contributed by atoms with Gasteiger partial charge in [-0.1, -0.05) is 0 Å². The van der Waals surface area contributed by atoms with E-state index in [0.29, 0.717) is 26.2 Å². The van der Waals surface area contributed by atoms with Gasteiger partial charge in [0.05, 0.1) is 0 Å². The molecule has 104 valence electrons. The van der Waals surface area contributed by atoms with E-state index >= 15 is 0 Å². The van der Waals surface area contributed by atoms with E-state index in [1.165, 1.54) is 0 Å². The van der Waals surface area contributed by atoms with Gasteiger partial charge >= 0.3 is 12.0 Å². The van der Waals surface area contributed by atoms with Crippen molar-refractivity contribution in [3.8, 4) is 0 Å². The predicted octanol–water partition coefficient (Wildman–Crippen LogP) is 0.585. The average molecular weight is 257 g/mol. The van der Waals surface area contributed by atoms with Gasteiger partial charge in [-0.2, -0.15) is 0 Å². The summed E-state index contributed by atoms with van der Waals surface area (Å²) in [6.07, 6.45) is 0. The maximum absolute atomic E-state index is 11.9. The highest BCUT2D eigenvalue weighted by Crippen LogP contribution is 2.08. The van der Waals surface area contributed by atoms with Crippen LogP contribution in [-0.4, -0.2) is 64.7 Å². The zero-order valence-electron chi connectivity index (χ0n) is 11.6. The quantitative estimate of drug-likeness (QED) is 0.759. The van der Waals surface area contributed by atoms with Crippen molar-refractivity contribution in [1.82, 2.24) is 15.1 Å². The highest BCUT2D eigenvalue weighted by molar-refractivity contribution is 5.75. The topological polar surface area (TPSA) is 72.9 Å². The van der Waals surface area contributed by atoms with E-state index in [-0.39, 0.29) is 11.6 Å². The summed E-state index contributed by atoms with van der Waals surface area (Å²) in [5.74, 6) is -0.817. The molecule has 1 atom stereocenters. The first-order chi connectivity index (χ1) is 8.20. The van der Waals surface area contributed by atoms with Gasteiger partial charge < -0.3 is 15.3 Å². The third kappa shape index (κ3) is 4.18. The number of piperazine rings is 1. The molecule has 0 radical (unpaired) electrons. The van der Waals surface area contributed by atoms with Crippen molar-refractivity contribution < 1.29 is 14.7 Å². The Morgan fingerprint density at radius 3 is 2.06 bits per heavy atom. The Hall–Kier alpha value is -1.30. The van der Waals surface area contributed by atoms with Crippen LogP contribution in [0.5, 0.6) is 0 Å². The van der Waals surface area contributed by atoms with Crippen molar-refractivity contribution in [2.45, 2.75) is 39.3 Å². The lowest BCUT2D eigenvalue weighted by Crippen LogP contribution is -2.57. The number of rotatable bonds is 2. The zero-order valence-corrected chi connectivity index (χ0v) is 11.6. The summed E-state index contributed by atoms with van der Waals surface area (Å²) in [7, 11) is 0. The summed E-state index contributed by atoms with van der Waals surface area (Å²) in [4.78, 5) is 26.4. The summed E-state index contributed by atoms with van der Waals surface area (Å²) >= 11 is 0. The minimum atomic E-state index is -0.817. The number of carbonyl (C=O) groups is 2. The number of carboxylic acids is 1. The Bertz CT molecular complexity index is 317. The maximum Gasteiger partial charge on any atom is 0.320 e. The molecule has 0 spiro atoms. The van der Waals surface area contributed by atoms with Crippen LogP contribution in [0.1, 0.15) is 27.7 Å². The first-order valence-electron chi connectivity index (χ1n) is 6.24. The minimum Gasteiger partial charge on any atom is -0.480 e. The SMILES string of the molecule is CC(C(=O)O)N1CCN(C(=O)NC(C)(C)C)CC1. The molecule has 1 saturated heterocycles. The Balaban J connectivity index is 2.44. The fourth-order valence-electron chi connectivity index (χ4n) is 1.87.